The third-order valence-corrected chi connectivity index (χ3v) is 4.37. The first-order valence-electron chi connectivity index (χ1n) is 7.15. The Bertz CT molecular complexity index is 924. The first kappa shape index (κ1) is 16.1. The zero-order valence-electron chi connectivity index (χ0n) is 12.9. The summed E-state index contributed by atoms with van der Waals surface area (Å²) in [5.41, 5.74) is 1.73. The van der Waals surface area contributed by atoms with E-state index in [9.17, 15) is 23.4 Å². The van der Waals surface area contributed by atoms with Crippen molar-refractivity contribution < 1.29 is 23.4 Å². The highest BCUT2D eigenvalue weighted by Crippen LogP contribution is 2.37. The van der Waals surface area contributed by atoms with Crippen LogP contribution in [-0.4, -0.2) is 35.7 Å². The molecule has 0 atom stereocenters. The number of benzene rings is 2. The Morgan fingerprint density at radius 1 is 1.17 bits per heavy atom. The summed E-state index contributed by atoms with van der Waals surface area (Å²) in [6.07, 6.45) is 1.06. The van der Waals surface area contributed by atoms with Gasteiger partial charge in [-0.1, -0.05) is 24.3 Å². The van der Waals surface area contributed by atoms with Gasteiger partial charge in [0.05, 0.1) is 17.5 Å². The van der Waals surface area contributed by atoms with E-state index in [1.807, 2.05) is 0 Å². The van der Waals surface area contributed by atoms with Crippen LogP contribution in [-0.2, 0) is 23.1 Å². The monoisotopic (exact) mass is 348 g/mol. The highest BCUT2D eigenvalue weighted by atomic mass is 32.2. The van der Waals surface area contributed by atoms with Gasteiger partial charge in [0.15, 0.2) is 11.5 Å². The number of fused-ring (bicyclic) bond motifs is 1. The zero-order chi connectivity index (χ0) is 17.5. The van der Waals surface area contributed by atoms with E-state index in [-0.39, 0.29) is 24.4 Å². The van der Waals surface area contributed by atoms with Crippen LogP contribution in [0.4, 0.5) is 5.69 Å². The Balaban J connectivity index is 1.89. The normalized spacial score (nSPS) is 13.9. The quantitative estimate of drug-likeness (QED) is 0.728. The summed E-state index contributed by atoms with van der Waals surface area (Å²) in [5, 5.41) is 19.4. The van der Waals surface area contributed by atoms with Crippen molar-refractivity contribution in [2.45, 2.75) is 13.1 Å². The molecule has 0 fully saturated rings. The maximum Gasteiger partial charge on any atom is 0.258 e. The van der Waals surface area contributed by atoms with Crippen molar-refractivity contribution in [2.24, 2.45) is 0 Å². The Hall–Kier alpha value is -2.74. The first-order chi connectivity index (χ1) is 11.3. The van der Waals surface area contributed by atoms with Gasteiger partial charge in [0.25, 0.3) is 5.91 Å². The fourth-order valence-corrected chi connectivity index (χ4v) is 3.32. The summed E-state index contributed by atoms with van der Waals surface area (Å²) in [5.74, 6) is -1.18. The number of anilines is 1. The number of amides is 1. The third kappa shape index (κ3) is 3.00. The summed E-state index contributed by atoms with van der Waals surface area (Å²) in [7, 11) is -3.44. The SMILES string of the molecule is CS(=O)(=O)Nc1ccccc1CN1Cc2ccc(O)c(O)c2C1=O. The van der Waals surface area contributed by atoms with Gasteiger partial charge in [-0.05, 0) is 23.3 Å². The molecule has 3 N–H and O–H groups in total. The second-order valence-corrected chi connectivity index (χ2v) is 7.41. The largest absolute Gasteiger partial charge is 0.504 e. The van der Waals surface area contributed by atoms with Gasteiger partial charge < -0.3 is 15.1 Å². The van der Waals surface area contributed by atoms with Crippen molar-refractivity contribution in [3.63, 3.8) is 0 Å². The number of hydrogen-bond donors (Lipinski definition) is 3. The lowest BCUT2D eigenvalue weighted by molar-refractivity contribution is 0.0764. The van der Waals surface area contributed by atoms with E-state index in [1.54, 1.807) is 30.3 Å². The van der Waals surface area contributed by atoms with Gasteiger partial charge in [-0.15, -0.1) is 0 Å². The van der Waals surface area contributed by atoms with E-state index in [0.717, 1.165) is 6.26 Å². The molecule has 7 nitrogen and oxygen atoms in total. The molecule has 0 aliphatic carbocycles. The molecule has 0 saturated heterocycles. The topological polar surface area (TPSA) is 107 Å². The number of rotatable bonds is 4. The minimum absolute atomic E-state index is 0.0866. The molecule has 1 heterocycles. The second-order valence-electron chi connectivity index (χ2n) is 5.66. The van der Waals surface area contributed by atoms with Crippen molar-refractivity contribution >= 4 is 21.6 Å². The predicted molar refractivity (Wildman–Crippen MR) is 88.3 cm³/mol. The molecule has 2 aromatic carbocycles. The molecule has 0 aromatic heterocycles. The molecule has 0 saturated carbocycles. The summed E-state index contributed by atoms with van der Waals surface area (Å²) >= 11 is 0. The van der Waals surface area contributed by atoms with Crippen molar-refractivity contribution in [3.8, 4) is 11.5 Å². The molecule has 1 aliphatic rings. The average molecular weight is 348 g/mol. The molecule has 0 radical (unpaired) electrons. The van der Waals surface area contributed by atoms with E-state index in [2.05, 4.69) is 4.72 Å². The number of aromatic hydroxyl groups is 2. The molecule has 0 bridgehead atoms. The summed E-state index contributed by atoms with van der Waals surface area (Å²) in [6.45, 7) is 0.446. The fraction of sp³-hybridized carbons (Fsp3) is 0.188. The molecule has 126 valence electrons. The molecule has 3 rings (SSSR count). The molecule has 0 unspecified atom stereocenters. The maximum atomic E-state index is 12.5. The van der Waals surface area contributed by atoms with Crippen molar-refractivity contribution in [2.75, 3.05) is 11.0 Å². The highest BCUT2D eigenvalue weighted by molar-refractivity contribution is 7.92. The lowest BCUT2D eigenvalue weighted by atomic mass is 10.1. The number of carbonyl (C=O) groups is 1. The lowest BCUT2D eigenvalue weighted by Crippen LogP contribution is -2.24. The van der Waals surface area contributed by atoms with E-state index in [4.69, 9.17) is 0 Å². The van der Waals surface area contributed by atoms with Crippen LogP contribution in [0.5, 0.6) is 11.5 Å². The van der Waals surface area contributed by atoms with Crippen LogP contribution in [0.1, 0.15) is 21.5 Å². The van der Waals surface area contributed by atoms with Crippen LogP contribution in [0.15, 0.2) is 36.4 Å². The number of phenols is 2. The summed E-state index contributed by atoms with van der Waals surface area (Å²) < 4.78 is 25.4. The zero-order valence-corrected chi connectivity index (χ0v) is 13.7. The number of sulfonamides is 1. The number of hydrogen-bond acceptors (Lipinski definition) is 5. The first-order valence-corrected chi connectivity index (χ1v) is 9.04. The molecular weight excluding hydrogens is 332 g/mol. The Morgan fingerprint density at radius 3 is 2.58 bits per heavy atom. The smallest absolute Gasteiger partial charge is 0.258 e. The predicted octanol–water partition coefficient (Wildman–Crippen LogP) is 1.63. The molecule has 2 aromatic rings. The molecular formula is C16H16N2O5S. The second kappa shape index (κ2) is 5.72. The minimum Gasteiger partial charge on any atom is -0.504 e. The van der Waals surface area contributed by atoms with Crippen molar-refractivity contribution in [3.05, 3.63) is 53.1 Å². The lowest BCUT2D eigenvalue weighted by Gasteiger charge is -2.18. The Labute approximate surface area is 139 Å². The van der Waals surface area contributed by atoms with Crippen LogP contribution in [0.3, 0.4) is 0 Å². The number of nitrogens with zero attached hydrogens (tertiary/aromatic N) is 1. The van der Waals surface area contributed by atoms with Gasteiger partial charge in [0.1, 0.15) is 0 Å². The van der Waals surface area contributed by atoms with Crippen LogP contribution in [0, 0.1) is 0 Å². The van der Waals surface area contributed by atoms with E-state index < -0.39 is 21.7 Å². The number of carbonyl (C=O) groups excluding carboxylic acids is 1. The fourth-order valence-electron chi connectivity index (χ4n) is 2.72. The van der Waals surface area contributed by atoms with Gasteiger partial charge in [-0.3, -0.25) is 9.52 Å². The standard InChI is InChI=1S/C16H16N2O5S/c1-24(22,23)17-12-5-3-2-4-10(12)8-18-9-11-6-7-13(19)15(20)14(11)16(18)21/h2-7,17,19-20H,8-9H2,1H3. The van der Waals surface area contributed by atoms with Crippen LogP contribution in [0.25, 0.3) is 0 Å². The van der Waals surface area contributed by atoms with E-state index >= 15 is 0 Å². The van der Waals surface area contributed by atoms with Gasteiger partial charge in [-0.2, -0.15) is 0 Å². The average Bonchev–Trinajstić information content (AvgIpc) is 2.81. The molecule has 8 heteroatoms. The molecule has 1 amide bonds. The van der Waals surface area contributed by atoms with Gasteiger partial charge in [0.2, 0.25) is 10.0 Å². The highest BCUT2D eigenvalue weighted by Gasteiger charge is 2.32. The molecule has 1 aliphatic heterocycles. The molecule has 24 heavy (non-hydrogen) atoms. The minimum atomic E-state index is -3.44. The van der Waals surface area contributed by atoms with Crippen molar-refractivity contribution in [1.29, 1.82) is 0 Å². The molecule has 0 spiro atoms. The van der Waals surface area contributed by atoms with Crippen LogP contribution < -0.4 is 4.72 Å². The number of nitrogens with one attached hydrogen (secondary N) is 1. The van der Waals surface area contributed by atoms with Gasteiger partial charge >= 0.3 is 0 Å². The van der Waals surface area contributed by atoms with E-state index in [1.165, 1.54) is 11.0 Å². The Kier molecular flexibility index (Phi) is 3.84. The van der Waals surface area contributed by atoms with Gasteiger partial charge in [0, 0.05) is 13.1 Å². The van der Waals surface area contributed by atoms with E-state index in [0.29, 0.717) is 16.8 Å². The maximum absolute atomic E-state index is 12.5. The Morgan fingerprint density at radius 2 is 1.88 bits per heavy atom. The number of phenolic OH excluding ortho intramolecular Hbond substituents is 2. The number of para-hydroxylation sites is 1. The van der Waals surface area contributed by atoms with Crippen molar-refractivity contribution in [1.82, 2.24) is 4.90 Å². The van der Waals surface area contributed by atoms with Crippen LogP contribution in [0.2, 0.25) is 0 Å². The van der Waals surface area contributed by atoms with Crippen LogP contribution >= 0.6 is 0 Å². The summed E-state index contributed by atoms with van der Waals surface area (Å²) in [6, 6.07) is 9.71. The summed E-state index contributed by atoms with van der Waals surface area (Å²) in [4.78, 5) is 14.0. The third-order valence-electron chi connectivity index (χ3n) is 3.78. The van der Waals surface area contributed by atoms with Gasteiger partial charge in [-0.25, -0.2) is 8.42 Å².